The van der Waals surface area contributed by atoms with Crippen molar-refractivity contribution in [2.75, 3.05) is 5.32 Å². The summed E-state index contributed by atoms with van der Waals surface area (Å²) in [6.07, 6.45) is 7.03. The number of carbonyl (C=O) groups is 1. The van der Waals surface area contributed by atoms with Gasteiger partial charge in [0.1, 0.15) is 5.60 Å². The average Bonchev–Trinajstić information content (AvgIpc) is 3.33. The summed E-state index contributed by atoms with van der Waals surface area (Å²) in [6.45, 7) is 3.01. The number of hydrogen-bond donors (Lipinski definition) is 3. The van der Waals surface area contributed by atoms with Crippen LogP contribution < -0.4 is 10.0 Å². The van der Waals surface area contributed by atoms with E-state index in [0.29, 0.717) is 4.09 Å². The molecule has 4 rings (SSSR count). The number of anilines is 1. The zero-order valence-electron chi connectivity index (χ0n) is 15.9. The van der Waals surface area contributed by atoms with Crippen molar-refractivity contribution in [2.45, 2.75) is 58.0 Å². The monoisotopic (exact) mass is 404 g/mol. The first-order valence-corrected chi connectivity index (χ1v) is 10.9. The molecule has 0 unspecified atom stereocenters. The maximum absolute atomic E-state index is 12.5. The molecule has 1 aromatic heterocycles. The van der Waals surface area contributed by atoms with Gasteiger partial charge in [0.15, 0.2) is 0 Å². The third-order valence-electron chi connectivity index (χ3n) is 5.37. The summed E-state index contributed by atoms with van der Waals surface area (Å²) >= 11 is 0. The third-order valence-corrected chi connectivity index (χ3v) is 6.51. The van der Waals surface area contributed by atoms with Gasteiger partial charge < -0.3 is 10.4 Å². The summed E-state index contributed by atoms with van der Waals surface area (Å²) < 4.78 is 27.6. The van der Waals surface area contributed by atoms with Crippen LogP contribution in [-0.2, 0) is 41.5 Å². The number of benzene rings is 1. The Morgan fingerprint density at radius 2 is 1.75 bits per heavy atom. The number of nitrogens with zero attached hydrogens (tertiary/aromatic N) is 2. The quantitative estimate of drug-likeness (QED) is 0.721. The molecule has 2 amide bonds. The Balaban J connectivity index is 1.56. The molecule has 1 aromatic carbocycles. The van der Waals surface area contributed by atoms with Crippen molar-refractivity contribution in [3.63, 3.8) is 0 Å². The van der Waals surface area contributed by atoms with Gasteiger partial charge in [0.2, 0.25) is 0 Å². The Kier molecular flexibility index (Phi) is 4.46. The van der Waals surface area contributed by atoms with Crippen LogP contribution >= 0.6 is 0 Å². The van der Waals surface area contributed by atoms with Gasteiger partial charge in [0.25, 0.3) is 0 Å². The van der Waals surface area contributed by atoms with E-state index in [9.17, 15) is 18.3 Å². The molecule has 0 aliphatic heterocycles. The molecule has 150 valence electrons. The molecule has 0 radical (unpaired) electrons. The maximum Gasteiger partial charge on any atom is 0.346 e. The second-order valence-electron chi connectivity index (χ2n) is 7.93. The van der Waals surface area contributed by atoms with Crippen LogP contribution in [0.3, 0.4) is 0 Å². The number of urea groups is 1. The number of fused-ring (bicyclic) bond motifs is 2. The van der Waals surface area contributed by atoms with Crippen LogP contribution in [0.4, 0.5) is 10.5 Å². The molecule has 1 heterocycles. The van der Waals surface area contributed by atoms with Crippen molar-refractivity contribution >= 4 is 21.9 Å². The van der Waals surface area contributed by atoms with Gasteiger partial charge in [-0.3, -0.25) is 0 Å². The summed E-state index contributed by atoms with van der Waals surface area (Å²) in [5, 5.41) is 16.6. The number of rotatable bonds is 4. The van der Waals surface area contributed by atoms with E-state index >= 15 is 0 Å². The zero-order chi connectivity index (χ0) is 20.1. The number of carbonyl (C=O) groups excluding carboxylic acids is 1. The van der Waals surface area contributed by atoms with Crippen molar-refractivity contribution in [3.05, 3.63) is 46.3 Å². The Morgan fingerprint density at radius 3 is 2.29 bits per heavy atom. The molecule has 0 saturated heterocycles. The summed E-state index contributed by atoms with van der Waals surface area (Å²) in [5.74, 6) is 0. The normalized spacial score (nSPS) is 16.0. The van der Waals surface area contributed by atoms with Crippen molar-refractivity contribution in [2.24, 2.45) is 0 Å². The summed E-state index contributed by atoms with van der Waals surface area (Å²) in [4.78, 5) is 12.5. The van der Waals surface area contributed by atoms with Crippen molar-refractivity contribution in [1.29, 1.82) is 0 Å². The highest BCUT2D eigenvalue weighted by Gasteiger charge is 2.27. The Bertz CT molecular complexity index is 1020. The lowest BCUT2D eigenvalue weighted by Gasteiger charge is -2.16. The molecule has 0 saturated carbocycles. The number of aromatic nitrogens is 2. The maximum atomic E-state index is 12.5. The molecule has 0 fully saturated rings. The molecule has 2 aromatic rings. The van der Waals surface area contributed by atoms with E-state index in [1.54, 1.807) is 0 Å². The van der Waals surface area contributed by atoms with Crippen LogP contribution in [0, 0.1) is 0 Å². The van der Waals surface area contributed by atoms with Crippen molar-refractivity contribution < 1.29 is 18.3 Å². The lowest BCUT2D eigenvalue weighted by molar-refractivity contribution is 0.0736. The topological polar surface area (TPSA) is 113 Å². The first-order chi connectivity index (χ1) is 13.1. The van der Waals surface area contributed by atoms with Crippen LogP contribution in [0.25, 0.3) is 0 Å². The van der Waals surface area contributed by atoms with Crippen LogP contribution in [0.15, 0.2) is 18.3 Å². The number of nitrogens with one attached hydrogen (secondary N) is 2. The second-order valence-corrected chi connectivity index (χ2v) is 9.46. The van der Waals surface area contributed by atoms with Crippen LogP contribution in [0.5, 0.6) is 0 Å². The van der Waals surface area contributed by atoms with Gasteiger partial charge in [-0.1, -0.05) is 6.07 Å². The SMILES string of the molecule is CC(C)(O)c1ccn(S(=O)(=O)NC(=O)Nc2c3c(cc4c2CCC4)CCC3)n1. The molecule has 9 heteroatoms. The average molecular weight is 404 g/mol. The van der Waals surface area contributed by atoms with Gasteiger partial charge in [-0.05, 0) is 80.7 Å². The molecule has 0 atom stereocenters. The minimum Gasteiger partial charge on any atom is -0.384 e. The minimum atomic E-state index is -4.21. The molecular weight excluding hydrogens is 380 g/mol. The predicted molar refractivity (Wildman–Crippen MR) is 104 cm³/mol. The highest BCUT2D eigenvalue weighted by atomic mass is 32.2. The van der Waals surface area contributed by atoms with Gasteiger partial charge in [-0.15, -0.1) is 4.09 Å². The van der Waals surface area contributed by atoms with E-state index in [1.807, 2.05) is 4.72 Å². The van der Waals surface area contributed by atoms with E-state index in [4.69, 9.17) is 0 Å². The van der Waals surface area contributed by atoms with Crippen molar-refractivity contribution in [3.8, 4) is 0 Å². The molecule has 0 spiro atoms. The van der Waals surface area contributed by atoms with Gasteiger partial charge in [-0.2, -0.15) is 13.5 Å². The fraction of sp³-hybridized carbons (Fsp3) is 0.474. The molecule has 28 heavy (non-hydrogen) atoms. The van der Waals surface area contributed by atoms with Gasteiger partial charge >= 0.3 is 16.2 Å². The van der Waals surface area contributed by atoms with Crippen LogP contribution in [-0.4, -0.2) is 28.7 Å². The summed E-state index contributed by atoms with van der Waals surface area (Å²) in [7, 11) is -4.21. The third kappa shape index (κ3) is 3.40. The Morgan fingerprint density at radius 1 is 1.14 bits per heavy atom. The van der Waals surface area contributed by atoms with E-state index in [-0.39, 0.29) is 5.69 Å². The largest absolute Gasteiger partial charge is 0.384 e. The van der Waals surface area contributed by atoms with Crippen LogP contribution in [0.1, 0.15) is 54.6 Å². The molecule has 8 nitrogen and oxygen atoms in total. The van der Waals surface area contributed by atoms with Gasteiger partial charge in [0.05, 0.1) is 5.69 Å². The predicted octanol–water partition coefficient (Wildman–Crippen LogP) is 2.00. The van der Waals surface area contributed by atoms with Gasteiger partial charge in [-0.25, -0.2) is 9.52 Å². The van der Waals surface area contributed by atoms with Gasteiger partial charge in [0, 0.05) is 11.9 Å². The molecule has 2 aliphatic carbocycles. The first kappa shape index (κ1) is 18.9. The molecule has 2 aliphatic rings. The standard InChI is InChI=1S/C19H24N4O4S/c1-19(2,25)16-9-10-23(21-16)28(26,27)22-18(24)20-17-14-7-3-5-12(14)11-13-6-4-8-15(13)17/h9-11,25H,3-8H2,1-2H3,(H2,20,22,24). The highest BCUT2D eigenvalue weighted by Crippen LogP contribution is 2.38. The first-order valence-electron chi connectivity index (χ1n) is 9.44. The van der Waals surface area contributed by atoms with E-state index in [1.165, 1.54) is 37.2 Å². The van der Waals surface area contributed by atoms with E-state index in [0.717, 1.165) is 55.3 Å². The van der Waals surface area contributed by atoms with Crippen LogP contribution in [0.2, 0.25) is 0 Å². The Labute approximate surface area is 164 Å². The number of hydrogen-bond acceptors (Lipinski definition) is 5. The van der Waals surface area contributed by atoms with Crippen molar-refractivity contribution in [1.82, 2.24) is 13.9 Å². The smallest absolute Gasteiger partial charge is 0.346 e. The molecular formula is C19H24N4O4S. The molecule has 0 bridgehead atoms. The number of aliphatic hydroxyl groups is 1. The number of aryl methyl sites for hydroxylation is 2. The highest BCUT2D eigenvalue weighted by molar-refractivity contribution is 7.88. The fourth-order valence-electron chi connectivity index (χ4n) is 4.04. The lowest BCUT2D eigenvalue weighted by atomic mass is 9.99. The molecule has 3 N–H and O–H groups in total. The lowest BCUT2D eigenvalue weighted by Crippen LogP contribution is -2.39. The second kappa shape index (κ2) is 6.59. The Hall–Kier alpha value is -2.39. The van der Waals surface area contributed by atoms with E-state index in [2.05, 4.69) is 16.5 Å². The minimum absolute atomic E-state index is 0.192. The number of amides is 2. The zero-order valence-corrected chi connectivity index (χ0v) is 16.8. The summed E-state index contributed by atoms with van der Waals surface area (Å²) in [6, 6.07) is 2.83. The summed E-state index contributed by atoms with van der Waals surface area (Å²) in [5.41, 5.74) is 4.42. The fourth-order valence-corrected chi connectivity index (χ4v) is 4.83. The van der Waals surface area contributed by atoms with E-state index < -0.39 is 21.8 Å².